The van der Waals surface area contributed by atoms with Crippen molar-refractivity contribution in [3.8, 4) is 0 Å². The third-order valence-electron chi connectivity index (χ3n) is 3.98. The first-order valence-electron chi connectivity index (χ1n) is 6.58. The zero-order valence-electron chi connectivity index (χ0n) is 11.6. The number of nitrogens with zero attached hydrogens (tertiary/aromatic N) is 1. The maximum Gasteiger partial charge on any atom is 0.138 e. The van der Waals surface area contributed by atoms with Crippen molar-refractivity contribution in [3.05, 3.63) is 17.0 Å². The summed E-state index contributed by atoms with van der Waals surface area (Å²) in [5.74, 6) is 0.944. The second kappa shape index (κ2) is 4.45. The highest BCUT2D eigenvalue weighted by molar-refractivity contribution is 5.24. The summed E-state index contributed by atoms with van der Waals surface area (Å²) in [5.41, 5.74) is 2.74. The normalized spacial score (nSPS) is 25.1. The number of nitrogens with one attached hydrogen (secondary N) is 1. The monoisotopic (exact) mass is 236 g/mol. The summed E-state index contributed by atoms with van der Waals surface area (Å²) in [5, 5.41) is 7.74. The van der Waals surface area contributed by atoms with Crippen LogP contribution in [0.25, 0.3) is 0 Å². The Balaban J connectivity index is 2.01. The lowest BCUT2D eigenvalue weighted by Gasteiger charge is -2.21. The molecule has 1 aliphatic carbocycles. The van der Waals surface area contributed by atoms with Gasteiger partial charge in [-0.2, -0.15) is 0 Å². The highest BCUT2D eigenvalue weighted by Gasteiger charge is 2.32. The summed E-state index contributed by atoms with van der Waals surface area (Å²) in [6.45, 7) is 10.9. The smallest absolute Gasteiger partial charge is 0.138 e. The van der Waals surface area contributed by atoms with Crippen LogP contribution >= 0.6 is 0 Å². The van der Waals surface area contributed by atoms with E-state index in [1.54, 1.807) is 0 Å². The van der Waals surface area contributed by atoms with Crippen molar-refractivity contribution in [2.45, 2.75) is 66.0 Å². The van der Waals surface area contributed by atoms with Gasteiger partial charge in [0, 0.05) is 17.6 Å². The summed E-state index contributed by atoms with van der Waals surface area (Å²) in [6.07, 6.45) is 3.86. The maximum absolute atomic E-state index is 5.23. The minimum absolute atomic E-state index is 0.333. The van der Waals surface area contributed by atoms with Crippen molar-refractivity contribution in [1.29, 1.82) is 0 Å². The summed E-state index contributed by atoms with van der Waals surface area (Å²) >= 11 is 0. The van der Waals surface area contributed by atoms with Crippen molar-refractivity contribution >= 4 is 0 Å². The Morgan fingerprint density at radius 3 is 2.59 bits per heavy atom. The lowest BCUT2D eigenvalue weighted by atomic mass is 9.91. The molecule has 0 amide bonds. The average Bonchev–Trinajstić information content (AvgIpc) is 2.70. The SMILES string of the molecule is Cc1noc(C)c1C(C)NC1CCC(C)(C)C1. The van der Waals surface area contributed by atoms with Crippen molar-refractivity contribution in [2.24, 2.45) is 5.41 Å². The largest absolute Gasteiger partial charge is 0.361 e. The lowest BCUT2D eigenvalue weighted by molar-refractivity contribution is 0.354. The molecule has 3 nitrogen and oxygen atoms in total. The lowest BCUT2D eigenvalue weighted by Crippen LogP contribution is -2.30. The second-order valence-electron chi connectivity index (χ2n) is 6.23. The first kappa shape index (κ1) is 12.6. The molecule has 2 rings (SSSR count). The minimum atomic E-state index is 0.333. The molecule has 2 unspecified atom stereocenters. The molecule has 0 bridgehead atoms. The number of aryl methyl sites for hydroxylation is 2. The van der Waals surface area contributed by atoms with Gasteiger partial charge in [-0.3, -0.25) is 0 Å². The van der Waals surface area contributed by atoms with Gasteiger partial charge in [-0.05, 0) is 45.4 Å². The number of hydrogen-bond donors (Lipinski definition) is 1. The van der Waals surface area contributed by atoms with Gasteiger partial charge in [0.1, 0.15) is 5.76 Å². The predicted octanol–water partition coefficient (Wildman–Crippen LogP) is 3.52. The van der Waals surface area contributed by atoms with Gasteiger partial charge >= 0.3 is 0 Å². The third kappa shape index (κ3) is 2.71. The van der Waals surface area contributed by atoms with Crippen LogP contribution in [0.4, 0.5) is 0 Å². The van der Waals surface area contributed by atoms with Crippen LogP contribution in [-0.2, 0) is 0 Å². The fraction of sp³-hybridized carbons (Fsp3) is 0.786. The van der Waals surface area contributed by atoms with Gasteiger partial charge in [-0.25, -0.2) is 0 Å². The molecule has 0 radical (unpaired) electrons. The van der Waals surface area contributed by atoms with Crippen molar-refractivity contribution in [2.75, 3.05) is 0 Å². The maximum atomic E-state index is 5.23. The van der Waals surface area contributed by atoms with Crippen LogP contribution in [0.2, 0.25) is 0 Å². The Morgan fingerprint density at radius 1 is 1.41 bits per heavy atom. The van der Waals surface area contributed by atoms with Crippen LogP contribution in [0.3, 0.4) is 0 Å². The Kier molecular flexibility index (Phi) is 3.30. The van der Waals surface area contributed by atoms with E-state index in [9.17, 15) is 0 Å². The first-order valence-corrected chi connectivity index (χ1v) is 6.58. The van der Waals surface area contributed by atoms with E-state index in [0.717, 1.165) is 11.5 Å². The Morgan fingerprint density at radius 2 is 2.12 bits per heavy atom. The van der Waals surface area contributed by atoms with Crippen LogP contribution < -0.4 is 5.32 Å². The molecule has 0 spiro atoms. The van der Waals surface area contributed by atoms with Crippen LogP contribution in [0, 0.1) is 19.3 Å². The van der Waals surface area contributed by atoms with E-state index in [-0.39, 0.29) is 0 Å². The van der Waals surface area contributed by atoms with Gasteiger partial charge < -0.3 is 9.84 Å². The molecule has 3 heteroatoms. The van der Waals surface area contributed by atoms with Crippen molar-refractivity contribution in [1.82, 2.24) is 10.5 Å². The standard InChI is InChI=1S/C14H24N2O/c1-9(13-10(2)16-17-11(13)3)15-12-6-7-14(4,5)8-12/h9,12,15H,6-8H2,1-5H3. The molecule has 1 aromatic rings. The van der Waals surface area contributed by atoms with E-state index in [1.807, 2.05) is 13.8 Å². The van der Waals surface area contributed by atoms with Gasteiger partial charge in [-0.1, -0.05) is 19.0 Å². The molecule has 17 heavy (non-hydrogen) atoms. The Hall–Kier alpha value is -0.830. The molecule has 1 aliphatic rings. The van der Waals surface area contributed by atoms with Gasteiger partial charge in [0.25, 0.3) is 0 Å². The number of hydrogen-bond acceptors (Lipinski definition) is 3. The number of rotatable bonds is 3. The highest BCUT2D eigenvalue weighted by Crippen LogP contribution is 2.38. The predicted molar refractivity (Wildman–Crippen MR) is 68.9 cm³/mol. The molecule has 1 fully saturated rings. The summed E-state index contributed by atoms with van der Waals surface area (Å²) in [6, 6.07) is 0.967. The van der Waals surface area contributed by atoms with Crippen LogP contribution in [0.5, 0.6) is 0 Å². The first-order chi connectivity index (χ1) is 7.89. The molecule has 1 heterocycles. The van der Waals surface area contributed by atoms with E-state index < -0.39 is 0 Å². The summed E-state index contributed by atoms with van der Waals surface area (Å²) < 4.78 is 5.23. The van der Waals surface area contributed by atoms with Gasteiger partial charge in [0.05, 0.1) is 5.69 Å². The molecule has 1 saturated carbocycles. The van der Waals surface area contributed by atoms with E-state index in [0.29, 0.717) is 17.5 Å². The average molecular weight is 236 g/mol. The number of aromatic nitrogens is 1. The third-order valence-corrected chi connectivity index (χ3v) is 3.98. The molecule has 0 aromatic carbocycles. The molecule has 2 atom stereocenters. The Labute approximate surface area is 104 Å². The summed E-state index contributed by atoms with van der Waals surface area (Å²) in [7, 11) is 0. The quantitative estimate of drug-likeness (QED) is 0.872. The van der Waals surface area contributed by atoms with Crippen LogP contribution in [0.15, 0.2) is 4.52 Å². The zero-order valence-corrected chi connectivity index (χ0v) is 11.6. The van der Waals surface area contributed by atoms with E-state index >= 15 is 0 Å². The fourth-order valence-electron chi connectivity index (χ4n) is 3.12. The van der Waals surface area contributed by atoms with E-state index in [4.69, 9.17) is 4.52 Å². The van der Waals surface area contributed by atoms with Crippen molar-refractivity contribution in [3.63, 3.8) is 0 Å². The van der Waals surface area contributed by atoms with Crippen LogP contribution in [-0.4, -0.2) is 11.2 Å². The molecular formula is C14H24N2O. The second-order valence-corrected chi connectivity index (χ2v) is 6.23. The van der Waals surface area contributed by atoms with E-state index in [2.05, 4.69) is 31.2 Å². The molecule has 0 aliphatic heterocycles. The van der Waals surface area contributed by atoms with E-state index in [1.165, 1.54) is 24.8 Å². The zero-order chi connectivity index (χ0) is 12.6. The molecule has 1 N–H and O–H groups in total. The minimum Gasteiger partial charge on any atom is -0.361 e. The van der Waals surface area contributed by atoms with Gasteiger partial charge in [-0.15, -0.1) is 0 Å². The van der Waals surface area contributed by atoms with Crippen molar-refractivity contribution < 1.29 is 4.52 Å². The molecule has 96 valence electrons. The molecular weight excluding hydrogens is 212 g/mol. The Bertz CT molecular complexity index is 375. The molecule has 1 aromatic heterocycles. The van der Waals surface area contributed by atoms with Crippen LogP contribution in [0.1, 0.15) is 63.1 Å². The highest BCUT2D eigenvalue weighted by atomic mass is 16.5. The summed E-state index contributed by atoms with van der Waals surface area (Å²) in [4.78, 5) is 0. The topological polar surface area (TPSA) is 38.1 Å². The van der Waals surface area contributed by atoms with Gasteiger partial charge in [0.2, 0.25) is 0 Å². The van der Waals surface area contributed by atoms with Gasteiger partial charge in [0.15, 0.2) is 0 Å². The molecule has 0 saturated heterocycles. The fourth-order valence-corrected chi connectivity index (χ4v) is 3.12.